The van der Waals surface area contributed by atoms with E-state index in [-0.39, 0.29) is 16.3 Å². The average Bonchev–Trinajstić information content (AvgIpc) is 3.01. The number of hydrogen-bond donors (Lipinski definition) is 1. The fraction of sp³-hybridized carbons (Fsp3) is 0.300. The maximum atomic E-state index is 13.0. The number of nitro groups is 1. The van der Waals surface area contributed by atoms with Crippen molar-refractivity contribution in [1.29, 1.82) is 0 Å². The molecule has 0 spiro atoms. The summed E-state index contributed by atoms with van der Waals surface area (Å²) in [6, 6.07) is 10.3. The lowest BCUT2D eigenvalue weighted by Gasteiger charge is -2.13. The SMILES string of the molecule is COc1ccc([N+](=O)[O-])cc1S(=O)(=O)Nc1cccc(-c2nnc3n2CCCCC3)c1. The van der Waals surface area contributed by atoms with Gasteiger partial charge >= 0.3 is 0 Å². The number of nitrogens with zero attached hydrogens (tertiary/aromatic N) is 4. The Morgan fingerprint density at radius 1 is 1.13 bits per heavy atom. The second kappa shape index (κ2) is 8.34. The Balaban J connectivity index is 1.68. The van der Waals surface area contributed by atoms with Crippen molar-refractivity contribution >= 4 is 21.4 Å². The Labute approximate surface area is 179 Å². The monoisotopic (exact) mass is 443 g/mol. The number of nitro benzene ring substituents is 1. The molecular weight excluding hydrogens is 422 g/mol. The lowest BCUT2D eigenvalue weighted by molar-refractivity contribution is -0.385. The number of aryl methyl sites for hydroxylation is 1. The molecule has 10 nitrogen and oxygen atoms in total. The quantitative estimate of drug-likeness (QED) is 0.456. The fourth-order valence-corrected chi connectivity index (χ4v) is 4.86. The van der Waals surface area contributed by atoms with Crippen molar-refractivity contribution in [2.45, 2.75) is 37.1 Å². The van der Waals surface area contributed by atoms with Gasteiger partial charge in [-0.1, -0.05) is 18.6 Å². The molecule has 162 valence electrons. The molecule has 2 aromatic carbocycles. The number of fused-ring (bicyclic) bond motifs is 1. The highest BCUT2D eigenvalue weighted by Crippen LogP contribution is 2.31. The zero-order valence-electron chi connectivity index (χ0n) is 16.8. The van der Waals surface area contributed by atoms with E-state index in [1.54, 1.807) is 18.2 Å². The first-order chi connectivity index (χ1) is 14.9. The Kier molecular flexibility index (Phi) is 5.59. The Morgan fingerprint density at radius 3 is 2.74 bits per heavy atom. The molecule has 1 aliphatic heterocycles. The van der Waals surface area contributed by atoms with Crippen molar-refractivity contribution in [2.75, 3.05) is 11.8 Å². The van der Waals surface area contributed by atoms with E-state index in [2.05, 4.69) is 19.5 Å². The summed E-state index contributed by atoms with van der Waals surface area (Å²) in [5, 5.41) is 19.7. The van der Waals surface area contributed by atoms with Crippen LogP contribution in [0.4, 0.5) is 11.4 Å². The van der Waals surface area contributed by atoms with Crippen molar-refractivity contribution in [3.05, 3.63) is 58.4 Å². The smallest absolute Gasteiger partial charge is 0.271 e. The molecule has 31 heavy (non-hydrogen) atoms. The third-order valence-electron chi connectivity index (χ3n) is 5.13. The van der Waals surface area contributed by atoms with Crippen LogP contribution in [0.2, 0.25) is 0 Å². The lowest BCUT2D eigenvalue weighted by Crippen LogP contribution is -2.14. The normalized spacial score (nSPS) is 13.8. The van der Waals surface area contributed by atoms with Crippen LogP contribution < -0.4 is 9.46 Å². The molecule has 3 aromatic rings. The molecule has 1 N–H and O–H groups in total. The molecule has 0 radical (unpaired) electrons. The van der Waals surface area contributed by atoms with Gasteiger partial charge in [0.25, 0.3) is 15.7 Å². The summed E-state index contributed by atoms with van der Waals surface area (Å²) in [5.74, 6) is 1.63. The summed E-state index contributed by atoms with van der Waals surface area (Å²) in [6.45, 7) is 0.818. The molecule has 11 heteroatoms. The second-order valence-corrected chi connectivity index (χ2v) is 8.83. The van der Waals surface area contributed by atoms with Crippen molar-refractivity contribution < 1.29 is 18.1 Å². The number of ether oxygens (including phenoxy) is 1. The molecule has 0 saturated heterocycles. The third kappa shape index (κ3) is 4.22. The predicted octanol–water partition coefficient (Wildman–Crippen LogP) is 3.39. The minimum atomic E-state index is -4.14. The molecule has 1 aromatic heterocycles. The number of non-ortho nitro benzene ring substituents is 1. The van der Waals surface area contributed by atoms with E-state index in [1.165, 1.54) is 19.2 Å². The zero-order valence-corrected chi connectivity index (χ0v) is 17.6. The summed E-state index contributed by atoms with van der Waals surface area (Å²) < 4.78 is 35.6. The van der Waals surface area contributed by atoms with Crippen LogP contribution in [0.1, 0.15) is 25.1 Å². The van der Waals surface area contributed by atoms with Gasteiger partial charge in [0, 0.05) is 36.3 Å². The maximum absolute atomic E-state index is 13.0. The Morgan fingerprint density at radius 2 is 1.97 bits per heavy atom. The van der Waals surface area contributed by atoms with Gasteiger partial charge in [-0.3, -0.25) is 14.8 Å². The number of nitrogens with one attached hydrogen (secondary N) is 1. The first-order valence-electron chi connectivity index (χ1n) is 9.77. The fourth-order valence-electron chi connectivity index (χ4n) is 3.62. The van der Waals surface area contributed by atoms with Gasteiger partial charge in [-0.2, -0.15) is 0 Å². The standard InChI is InChI=1S/C20H21N5O5S/c1-30-17-10-9-16(25(26)27)13-18(17)31(28,29)23-15-7-5-6-14(12-15)20-22-21-19-8-3-2-4-11-24(19)20/h5-7,9-10,12-13,23H,2-4,8,11H2,1H3. The molecule has 0 bridgehead atoms. The van der Waals surface area contributed by atoms with Crippen molar-refractivity contribution in [3.63, 3.8) is 0 Å². The lowest BCUT2D eigenvalue weighted by atomic mass is 10.2. The van der Waals surface area contributed by atoms with Crippen LogP contribution in [0.3, 0.4) is 0 Å². The van der Waals surface area contributed by atoms with Crippen molar-refractivity contribution in [2.24, 2.45) is 0 Å². The summed E-state index contributed by atoms with van der Waals surface area (Å²) in [4.78, 5) is 10.1. The van der Waals surface area contributed by atoms with Gasteiger partial charge in [0.05, 0.1) is 12.0 Å². The Hall–Kier alpha value is -3.47. The van der Waals surface area contributed by atoms with Gasteiger partial charge in [0.2, 0.25) is 0 Å². The minimum absolute atomic E-state index is 0.0111. The summed E-state index contributed by atoms with van der Waals surface area (Å²) >= 11 is 0. The van der Waals surface area contributed by atoms with Crippen LogP contribution in [0.25, 0.3) is 11.4 Å². The van der Waals surface area contributed by atoms with Gasteiger partial charge < -0.3 is 9.30 Å². The van der Waals surface area contributed by atoms with Crippen LogP contribution in [-0.2, 0) is 23.0 Å². The molecule has 0 saturated carbocycles. The molecule has 0 fully saturated rings. The second-order valence-electron chi connectivity index (χ2n) is 7.18. The highest BCUT2D eigenvalue weighted by atomic mass is 32.2. The highest BCUT2D eigenvalue weighted by molar-refractivity contribution is 7.92. The molecule has 4 rings (SSSR count). The highest BCUT2D eigenvalue weighted by Gasteiger charge is 2.24. The Bertz CT molecular complexity index is 1240. The first-order valence-corrected chi connectivity index (χ1v) is 11.2. The molecule has 0 atom stereocenters. The summed E-state index contributed by atoms with van der Waals surface area (Å²) in [5.41, 5.74) is 0.685. The number of rotatable bonds is 6. The first kappa shape index (κ1) is 20.8. The molecule has 0 aliphatic carbocycles. The van der Waals surface area contributed by atoms with E-state index < -0.39 is 14.9 Å². The van der Waals surface area contributed by atoms with E-state index in [1.807, 2.05) is 6.07 Å². The van der Waals surface area contributed by atoms with Gasteiger partial charge in [-0.15, -0.1) is 10.2 Å². The number of aromatic nitrogens is 3. The molecule has 0 amide bonds. The predicted molar refractivity (Wildman–Crippen MR) is 113 cm³/mol. The van der Waals surface area contributed by atoms with Gasteiger partial charge in [-0.25, -0.2) is 8.42 Å². The molecule has 1 aliphatic rings. The van der Waals surface area contributed by atoms with E-state index in [9.17, 15) is 18.5 Å². The van der Waals surface area contributed by atoms with Crippen molar-refractivity contribution in [3.8, 4) is 17.1 Å². The molecule has 0 unspecified atom stereocenters. The van der Waals surface area contributed by atoms with Crippen LogP contribution in [0.5, 0.6) is 5.75 Å². The third-order valence-corrected chi connectivity index (χ3v) is 6.53. The largest absolute Gasteiger partial charge is 0.495 e. The number of methoxy groups -OCH3 is 1. The van der Waals surface area contributed by atoms with Crippen LogP contribution in [-0.4, -0.2) is 35.2 Å². The average molecular weight is 443 g/mol. The van der Waals surface area contributed by atoms with E-state index in [0.29, 0.717) is 11.5 Å². The zero-order chi connectivity index (χ0) is 22.0. The summed E-state index contributed by atoms with van der Waals surface area (Å²) in [6.07, 6.45) is 4.11. The number of sulfonamides is 1. The van der Waals surface area contributed by atoms with Crippen molar-refractivity contribution in [1.82, 2.24) is 14.8 Å². The number of anilines is 1. The van der Waals surface area contributed by atoms with Crippen LogP contribution >= 0.6 is 0 Å². The van der Waals surface area contributed by atoms with Gasteiger partial charge in [0.1, 0.15) is 16.5 Å². The van der Waals surface area contributed by atoms with Crippen LogP contribution in [0.15, 0.2) is 47.4 Å². The van der Waals surface area contributed by atoms with E-state index >= 15 is 0 Å². The molecular formula is C20H21N5O5S. The topological polar surface area (TPSA) is 129 Å². The van der Waals surface area contributed by atoms with Gasteiger partial charge in [-0.05, 0) is 31.0 Å². The number of hydrogen-bond acceptors (Lipinski definition) is 7. The van der Waals surface area contributed by atoms with Gasteiger partial charge in [0.15, 0.2) is 5.82 Å². The van der Waals surface area contributed by atoms with Crippen LogP contribution in [0, 0.1) is 10.1 Å². The van der Waals surface area contributed by atoms with E-state index in [0.717, 1.165) is 49.7 Å². The number of benzene rings is 2. The maximum Gasteiger partial charge on any atom is 0.271 e. The minimum Gasteiger partial charge on any atom is -0.495 e. The summed E-state index contributed by atoms with van der Waals surface area (Å²) in [7, 11) is -2.84. The molecule has 2 heterocycles. The van der Waals surface area contributed by atoms with E-state index in [4.69, 9.17) is 4.74 Å².